The topological polar surface area (TPSA) is 104 Å². The maximum Gasteiger partial charge on any atom is 0.340 e. The minimum absolute atomic E-state index is 0.0153. The van der Waals surface area contributed by atoms with E-state index in [9.17, 15) is 18.0 Å². The van der Waals surface area contributed by atoms with Gasteiger partial charge in [-0.3, -0.25) is 4.79 Å². The molecule has 31 heavy (non-hydrogen) atoms. The number of benzene rings is 2. The maximum atomic E-state index is 13.1. The third-order valence-corrected chi connectivity index (χ3v) is 6.88. The highest BCUT2D eigenvalue weighted by atomic mass is 32.2. The lowest BCUT2D eigenvalue weighted by molar-refractivity contribution is -0.117. The van der Waals surface area contributed by atoms with Gasteiger partial charge >= 0.3 is 5.69 Å². The van der Waals surface area contributed by atoms with Crippen LogP contribution in [0.15, 0.2) is 64.4 Å². The van der Waals surface area contributed by atoms with Crippen LogP contribution in [0.2, 0.25) is 0 Å². The number of nitrogens with one attached hydrogen (secondary N) is 2. The largest absolute Gasteiger partial charge is 0.340 e. The van der Waals surface area contributed by atoms with E-state index < -0.39 is 15.7 Å². The highest BCUT2D eigenvalue weighted by Gasteiger charge is 2.28. The summed E-state index contributed by atoms with van der Waals surface area (Å²) in [6, 6.07) is 13.9. The molecule has 0 aliphatic carbocycles. The van der Waals surface area contributed by atoms with Crippen molar-refractivity contribution in [3.63, 3.8) is 0 Å². The fourth-order valence-corrected chi connectivity index (χ4v) is 4.89. The van der Waals surface area contributed by atoms with Crippen molar-refractivity contribution in [1.29, 1.82) is 0 Å². The van der Waals surface area contributed by atoms with Crippen LogP contribution in [0, 0.1) is 0 Å². The summed E-state index contributed by atoms with van der Waals surface area (Å²) in [7, 11) is -4.08. The Hall–Kier alpha value is -3.17. The number of hydrogen-bond donors (Lipinski definition) is 2. The van der Waals surface area contributed by atoms with Crippen LogP contribution in [0.3, 0.4) is 0 Å². The number of fused-ring (bicyclic) bond motifs is 1. The molecule has 0 atom stereocenters. The Bertz CT molecular complexity index is 1280. The van der Waals surface area contributed by atoms with Crippen LogP contribution in [-0.4, -0.2) is 42.4 Å². The number of aromatic nitrogens is 2. The number of carbonyl (C=O) groups is 1. The monoisotopic (exact) mass is 440 g/mol. The van der Waals surface area contributed by atoms with Gasteiger partial charge in [-0.05, 0) is 35.7 Å². The van der Waals surface area contributed by atoms with Crippen LogP contribution in [0.4, 0.5) is 5.69 Å². The molecule has 0 spiro atoms. The van der Waals surface area contributed by atoms with Crippen molar-refractivity contribution in [2.45, 2.75) is 31.2 Å². The fraction of sp³-hybridized carbons (Fsp3) is 0.273. The second kappa shape index (κ2) is 8.16. The fourth-order valence-electron chi connectivity index (χ4n) is 3.62. The Morgan fingerprint density at radius 2 is 1.90 bits per heavy atom. The van der Waals surface area contributed by atoms with Gasteiger partial charge < -0.3 is 15.2 Å². The van der Waals surface area contributed by atoms with Crippen LogP contribution in [-0.2, 0) is 21.2 Å². The summed E-state index contributed by atoms with van der Waals surface area (Å²) >= 11 is 0. The molecule has 0 saturated heterocycles. The zero-order valence-corrected chi connectivity index (χ0v) is 18.1. The quantitative estimate of drug-likeness (QED) is 0.610. The number of H-pyrrole nitrogens is 1. The van der Waals surface area contributed by atoms with E-state index in [1.54, 1.807) is 29.2 Å². The van der Waals surface area contributed by atoms with E-state index in [2.05, 4.69) is 10.3 Å². The van der Waals surface area contributed by atoms with E-state index >= 15 is 0 Å². The third-order valence-electron chi connectivity index (χ3n) is 5.24. The number of rotatable bonds is 6. The Morgan fingerprint density at radius 1 is 1.16 bits per heavy atom. The molecule has 3 aromatic rings. The standard InChI is InChI=1S/C22H24N4O4S/c1-15(2)23-13-21(27)25-11-10-17-12-18(8-9-20(17)25)31(29,30)26-14-19(24-22(26)28)16-6-4-3-5-7-16/h3-9,12,14-15,23H,10-11,13H2,1-2H3,(H,24,28). The average molecular weight is 441 g/mol. The van der Waals surface area contributed by atoms with E-state index in [1.165, 1.54) is 12.3 Å². The van der Waals surface area contributed by atoms with Crippen LogP contribution < -0.4 is 15.9 Å². The van der Waals surface area contributed by atoms with Crippen molar-refractivity contribution < 1.29 is 13.2 Å². The van der Waals surface area contributed by atoms with Gasteiger partial charge in [0.05, 0.1) is 23.3 Å². The molecule has 0 fully saturated rings. The molecule has 0 saturated carbocycles. The number of carbonyl (C=O) groups excluding carboxylic acids is 1. The molecule has 1 amide bonds. The van der Waals surface area contributed by atoms with Gasteiger partial charge in [0.25, 0.3) is 10.0 Å². The van der Waals surface area contributed by atoms with Crippen LogP contribution >= 0.6 is 0 Å². The predicted octanol–water partition coefficient (Wildman–Crippen LogP) is 1.97. The first kappa shape index (κ1) is 21.1. The highest BCUT2D eigenvalue weighted by molar-refractivity contribution is 7.90. The molecule has 0 radical (unpaired) electrons. The minimum Gasteiger partial charge on any atom is -0.311 e. The van der Waals surface area contributed by atoms with Gasteiger partial charge in [0.1, 0.15) is 0 Å². The summed E-state index contributed by atoms with van der Waals surface area (Å²) in [6.07, 6.45) is 1.86. The molecular weight excluding hydrogens is 416 g/mol. The molecule has 9 heteroatoms. The van der Waals surface area contributed by atoms with Gasteiger partial charge in [0.2, 0.25) is 5.91 Å². The number of nitrogens with zero attached hydrogens (tertiary/aromatic N) is 2. The number of imidazole rings is 1. The first-order chi connectivity index (χ1) is 14.8. The molecule has 2 N–H and O–H groups in total. The SMILES string of the molecule is CC(C)NCC(=O)N1CCc2cc(S(=O)(=O)n3cc(-c4ccccc4)[nH]c3=O)ccc21. The third kappa shape index (κ3) is 4.06. The number of hydrogen-bond acceptors (Lipinski definition) is 5. The summed E-state index contributed by atoms with van der Waals surface area (Å²) in [4.78, 5) is 29.2. The lowest BCUT2D eigenvalue weighted by Gasteiger charge is -2.19. The van der Waals surface area contributed by atoms with E-state index in [4.69, 9.17) is 0 Å². The van der Waals surface area contributed by atoms with Gasteiger partial charge in [-0.15, -0.1) is 0 Å². The zero-order valence-electron chi connectivity index (χ0n) is 17.3. The summed E-state index contributed by atoms with van der Waals surface area (Å²) in [5, 5.41) is 3.10. The van der Waals surface area contributed by atoms with Crippen molar-refractivity contribution in [2.24, 2.45) is 0 Å². The molecule has 4 rings (SSSR count). The number of aromatic amines is 1. The summed E-state index contributed by atoms with van der Waals surface area (Å²) < 4.78 is 27.0. The smallest absolute Gasteiger partial charge is 0.311 e. The molecule has 0 bridgehead atoms. The molecule has 0 unspecified atom stereocenters. The molecule has 2 aromatic carbocycles. The van der Waals surface area contributed by atoms with Crippen LogP contribution in [0.25, 0.3) is 11.3 Å². The van der Waals surface area contributed by atoms with Crippen molar-refractivity contribution >= 4 is 21.6 Å². The first-order valence-corrected chi connectivity index (χ1v) is 11.5. The molecule has 162 valence electrons. The molecule has 1 aliphatic rings. The van der Waals surface area contributed by atoms with Gasteiger partial charge in [0.15, 0.2) is 0 Å². The molecule has 8 nitrogen and oxygen atoms in total. The Kier molecular flexibility index (Phi) is 5.55. The maximum absolute atomic E-state index is 13.1. The molecular formula is C22H24N4O4S. The van der Waals surface area contributed by atoms with Crippen molar-refractivity contribution in [3.05, 3.63) is 70.8 Å². The van der Waals surface area contributed by atoms with Gasteiger partial charge in [-0.2, -0.15) is 3.97 Å². The molecule has 2 heterocycles. The Balaban J connectivity index is 1.63. The molecule has 1 aromatic heterocycles. The minimum atomic E-state index is -4.08. The normalized spacial score (nSPS) is 13.6. The van der Waals surface area contributed by atoms with E-state index in [0.29, 0.717) is 29.9 Å². The summed E-state index contributed by atoms with van der Waals surface area (Å²) in [5.74, 6) is -0.0579. The Labute approximate surface area is 180 Å². The van der Waals surface area contributed by atoms with Crippen LogP contribution in [0.5, 0.6) is 0 Å². The zero-order chi connectivity index (χ0) is 22.2. The van der Waals surface area contributed by atoms with Crippen molar-refractivity contribution in [3.8, 4) is 11.3 Å². The van der Waals surface area contributed by atoms with Crippen molar-refractivity contribution in [2.75, 3.05) is 18.0 Å². The first-order valence-electron chi connectivity index (χ1n) is 10.1. The highest BCUT2D eigenvalue weighted by Crippen LogP contribution is 2.31. The second-order valence-corrected chi connectivity index (χ2v) is 9.58. The Morgan fingerprint density at radius 3 is 2.61 bits per heavy atom. The second-order valence-electron chi connectivity index (χ2n) is 7.76. The predicted molar refractivity (Wildman–Crippen MR) is 119 cm³/mol. The molecule has 1 aliphatic heterocycles. The van der Waals surface area contributed by atoms with E-state index in [-0.39, 0.29) is 23.4 Å². The van der Waals surface area contributed by atoms with E-state index in [0.717, 1.165) is 9.54 Å². The lowest BCUT2D eigenvalue weighted by atomic mass is 10.2. The average Bonchev–Trinajstić information content (AvgIpc) is 3.36. The number of amides is 1. The van der Waals surface area contributed by atoms with Gasteiger partial charge in [0, 0.05) is 18.3 Å². The number of anilines is 1. The summed E-state index contributed by atoms with van der Waals surface area (Å²) in [5.41, 5.74) is 1.89. The lowest BCUT2D eigenvalue weighted by Crippen LogP contribution is -2.39. The van der Waals surface area contributed by atoms with E-state index in [1.807, 2.05) is 32.0 Å². The van der Waals surface area contributed by atoms with Crippen LogP contribution in [0.1, 0.15) is 19.4 Å². The van der Waals surface area contributed by atoms with Crippen molar-refractivity contribution in [1.82, 2.24) is 14.3 Å². The van der Waals surface area contributed by atoms with Gasteiger partial charge in [-0.1, -0.05) is 44.2 Å². The van der Waals surface area contributed by atoms with Gasteiger partial charge in [-0.25, -0.2) is 13.2 Å². The summed E-state index contributed by atoms with van der Waals surface area (Å²) in [6.45, 7) is 4.65.